The molecule has 5 aromatic rings. The summed E-state index contributed by atoms with van der Waals surface area (Å²) in [5.41, 5.74) is 16.9. The highest BCUT2D eigenvalue weighted by Crippen LogP contribution is 2.37. The first-order valence-corrected chi connectivity index (χ1v) is 20.1. The SMILES string of the molecule is CN1C(=O)C(CCCCN)NC(=O)[C@H](CCCN)NCc2cccnc2Sc2cccc(-c3ccc(C(=O)O)cc3)c2CNC(=O)[C@@H]1Cc1c[nH]c2ccccc12. The molecule has 0 bridgehead atoms. The molecular formula is C43H50N8O5S. The lowest BCUT2D eigenvalue weighted by atomic mass is 9.98. The second kappa shape index (κ2) is 19.6. The quantitative estimate of drug-likeness (QED) is 0.0927. The van der Waals surface area contributed by atoms with Crippen LogP contribution in [0.4, 0.5) is 0 Å². The normalized spacial score (nSPS) is 18.3. The molecule has 0 saturated carbocycles. The van der Waals surface area contributed by atoms with E-state index in [1.807, 2.05) is 60.8 Å². The fraction of sp³-hybridized carbons (Fsp3) is 0.326. The Morgan fingerprint density at radius 2 is 1.65 bits per heavy atom. The van der Waals surface area contributed by atoms with E-state index < -0.39 is 24.1 Å². The summed E-state index contributed by atoms with van der Waals surface area (Å²) in [7, 11) is 1.61. The molecule has 0 spiro atoms. The summed E-state index contributed by atoms with van der Waals surface area (Å²) in [6.07, 6.45) is 6.43. The highest BCUT2D eigenvalue weighted by atomic mass is 32.2. The summed E-state index contributed by atoms with van der Waals surface area (Å²) in [6.45, 7) is 1.25. The number of rotatable bonds is 11. The van der Waals surface area contributed by atoms with Gasteiger partial charge in [-0.1, -0.05) is 60.3 Å². The molecule has 1 aliphatic rings. The van der Waals surface area contributed by atoms with E-state index in [1.165, 1.54) is 16.7 Å². The van der Waals surface area contributed by atoms with E-state index in [0.717, 1.165) is 43.6 Å². The molecule has 1 unspecified atom stereocenters. The van der Waals surface area contributed by atoms with E-state index in [1.54, 1.807) is 37.5 Å². The molecule has 0 radical (unpaired) electrons. The maximum Gasteiger partial charge on any atom is 0.335 e. The van der Waals surface area contributed by atoms with E-state index >= 15 is 0 Å². The number of unbranched alkanes of at least 4 members (excludes halogenated alkanes) is 1. The number of nitrogens with one attached hydrogen (secondary N) is 4. The van der Waals surface area contributed by atoms with Crippen LogP contribution < -0.4 is 27.4 Å². The number of carbonyl (C=O) groups is 4. The summed E-state index contributed by atoms with van der Waals surface area (Å²) in [4.78, 5) is 65.3. The van der Waals surface area contributed by atoms with Crippen molar-refractivity contribution < 1.29 is 24.3 Å². The van der Waals surface area contributed by atoms with Crippen LogP contribution in [0.3, 0.4) is 0 Å². The zero-order valence-electron chi connectivity index (χ0n) is 32.0. The summed E-state index contributed by atoms with van der Waals surface area (Å²) in [6, 6.07) is 21.5. The van der Waals surface area contributed by atoms with Gasteiger partial charge >= 0.3 is 5.97 Å². The Hall–Kier alpha value is -5.54. The largest absolute Gasteiger partial charge is 0.478 e. The Balaban J connectivity index is 1.45. The molecule has 13 nitrogen and oxygen atoms in total. The zero-order chi connectivity index (χ0) is 40.3. The van der Waals surface area contributed by atoms with E-state index in [-0.39, 0.29) is 36.3 Å². The third kappa shape index (κ3) is 10.1. The van der Waals surface area contributed by atoms with Crippen LogP contribution in [-0.4, -0.2) is 81.9 Å². The average Bonchev–Trinajstić information content (AvgIpc) is 3.64. The highest BCUT2D eigenvalue weighted by Gasteiger charge is 2.34. The van der Waals surface area contributed by atoms with Gasteiger partial charge in [-0.15, -0.1) is 0 Å². The number of aromatic amines is 1. The number of pyridine rings is 1. The van der Waals surface area contributed by atoms with Gasteiger partial charge in [0.15, 0.2) is 0 Å². The Bertz CT molecular complexity index is 2190. The van der Waals surface area contributed by atoms with Crippen molar-refractivity contribution in [3.8, 4) is 11.1 Å². The molecule has 3 heterocycles. The standard InChI is InChI=1S/C43H50N8O5S/c1-51-37(23-30-25-47-34-12-3-2-10-32(30)34)40(53)49-26-33-31(27-16-18-28(19-17-27)43(55)56)11-6-15-38(33)57-41-29(9-8-22-46-41)24-48-35(14-7-21-45)39(52)50-36(42(51)54)13-4-5-20-44/h2-3,6,8-12,15-19,22,25,35-37,47-48H,4-5,7,13-14,20-21,23-24,26,44-45H2,1H3,(H,49,53)(H,50,52)(H,55,56)/t35-,36?,37-/m0/s1. The van der Waals surface area contributed by atoms with E-state index in [0.29, 0.717) is 56.8 Å². The lowest BCUT2D eigenvalue weighted by Gasteiger charge is -2.32. The Morgan fingerprint density at radius 1 is 0.877 bits per heavy atom. The van der Waals surface area contributed by atoms with Crippen molar-refractivity contribution in [1.29, 1.82) is 0 Å². The molecule has 298 valence electrons. The number of aromatic carboxylic acids is 1. The number of nitrogens with two attached hydrogens (primary N) is 2. The van der Waals surface area contributed by atoms with Crippen molar-refractivity contribution >= 4 is 46.4 Å². The van der Waals surface area contributed by atoms with Gasteiger partial charge in [-0.25, -0.2) is 9.78 Å². The molecule has 3 aromatic carbocycles. The van der Waals surface area contributed by atoms with Gasteiger partial charge < -0.3 is 42.4 Å². The van der Waals surface area contributed by atoms with Crippen molar-refractivity contribution in [1.82, 2.24) is 30.8 Å². The number of H-pyrrole nitrogens is 1. The number of hydrogen-bond acceptors (Lipinski definition) is 9. The smallest absolute Gasteiger partial charge is 0.335 e. The number of hydrogen-bond donors (Lipinski definition) is 7. The number of benzene rings is 3. The molecule has 0 saturated heterocycles. The van der Waals surface area contributed by atoms with E-state index in [2.05, 4.69) is 20.9 Å². The minimum Gasteiger partial charge on any atom is -0.478 e. The lowest BCUT2D eigenvalue weighted by molar-refractivity contribution is -0.142. The maximum absolute atomic E-state index is 14.6. The third-order valence-corrected chi connectivity index (χ3v) is 11.6. The molecule has 2 aromatic heterocycles. The van der Waals surface area contributed by atoms with Crippen LogP contribution >= 0.6 is 11.8 Å². The number of carbonyl (C=O) groups excluding carboxylic acids is 3. The predicted octanol–water partition coefficient (Wildman–Crippen LogP) is 4.59. The number of amides is 3. The van der Waals surface area contributed by atoms with Crippen LogP contribution in [0, 0.1) is 0 Å². The number of carboxylic acids is 1. The molecule has 14 heteroatoms. The van der Waals surface area contributed by atoms with Crippen molar-refractivity contribution in [2.45, 2.75) is 79.7 Å². The molecule has 3 atom stereocenters. The van der Waals surface area contributed by atoms with Crippen LogP contribution in [0.25, 0.3) is 22.0 Å². The molecule has 9 N–H and O–H groups in total. The first kappa shape index (κ1) is 41.1. The van der Waals surface area contributed by atoms with Crippen molar-refractivity contribution in [3.63, 3.8) is 0 Å². The number of nitrogens with zero attached hydrogens (tertiary/aromatic N) is 2. The molecule has 3 amide bonds. The van der Waals surface area contributed by atoms with Crippen LogP contribution in [0.2, 0.25) is 0 Å². The van der Waals surface area contributed by atoms with Gasteiger partial charge in [-0.05, 0) is 103 Å². The van der Waals surface area contributed by atoms with Crippen molar-refractivity contribution in [3.05, 3.63) is 114 Å². The van der Waals surface area contributed by atoms with Crippen LogP contribution in [0.15, 0.2) is 101 Å². The molecule has 6 rings (SSSR count). The second-order valence-electron chi connectivity index (χ2n) is 14.2. The number of fused-ring (bicyclic) bond motifs is 3. The summed E-state index contributed by atoms with van der Waals surface area (Å²) in [5.74, 6) is -2.11. The topological polar surface area (TPSA) is 209 Å². The molecule has 0 fully saturated rings. The van der Waals surface area contributed by atoms with Gasteiger partial charge in [0.1, 0.15) is 17.1 Å². The van der Waals surface area contributed by atoms with E-state index in [4.69, 9.17) is 16.5 Å². The number of likely N-dealkylation sites (N-methyl/N-ethyl adjacent to an activating group) is 1. The Labute approximate surface area is 336 Å². The third-order valence-electron chi connectivity index (χ3n) is 10.4. The van der Waals surface area contributed by atoms with Gasteiger partial charge in [-0.2, -0.15) is 0 Å². The van der Waals surface area contributed by atoms with Crippen LogP contribution in [0.1, 0.15) is 59.2 Å². The molecular weight excluding hydrogens is 741 g/mol. The van der Waals surface area contributed by atoms with Gasteiger partial charge in [0, 0.05) is 54.8 Å². The Morgan fingerprint density at radius 3 is 2.42 bits per heavy atom. The maximum atomic E-state index is 14.6. The monoisotopic (exact) mass is 790 g/mol. The Kier molecular flexibility index (Phi) is 14.1. The predicted molar refractivity (Wildman–Crippen MR) is 221 cm³/mol. The first-order valence-electron chi connectivity index (χ1n) is 19.3. The number of carboxylic acid groups (broad SMARTS) is 1. The van der Waals surface area contributed by atoms with Gasteiger partial charge in [0.05, 0.1) is 11.6 Å². The van der Waals surface area contributed by atoms with Crippen molar-refractivity contribution in [2.24, 2.45) is 11.5 Å². The molecule has 1 aliphatic heterocycles. The number of para-hydroxylation sites is 1. The zero-order valence-corrected chi connectivity index (χ0v) is 32.8. The van der Waals surface area contributed by atoms with E-state index in [9.17, 15) is 24.3 Å². The van der Waals surface area contributed by atoms with Crippen molar-refractivity contribution in [2.75, 3.05) is 20.1 Å². The summed E-state index contributed by atoms with van der Waals surface area (Å²) in [5, 5.41) is 20.8. The fourth-order valence-corrected chi connectivity index (χ4v) is 8.22. The molecule has 57 heavy (non-hydrogen) atoms. The van der Waals surface area contributed by atoms with Gasteiger partial charge in [0.2, 0.25) is 17.7 Å². The van der Waals surface area contributed by atoms with Gasteiger partial charge in [-0.3, -0.25) is 14.4 Å². The second-order valence-corrected chi connectivity index (χ2v) is 15.2. The molecule has 0 aliphatic carbocycles. The summed E-state index contributed by atoms with van der Waals surface area (Å²) < 4.78 is 0. The minimum absolute atomic E-state index is 0.0999. The lowest BCUT2D eigenvalue weighted by Crippen LogP contribution is -2.57. The fourth-order valence-electron chi connectivity index (χ4n) is 7.17. The first-order chi connectivity index (χ1) is 27.7. The summed E-state index contributed by atoms with van der Waals surface area (Å²) >= 11 is 1.44. The average molecular weight is 791 g/mol. The highest BCUT2D eigenvalue weighted by molar-refractivity contribution is 7.99. The van der Waals surface area contributed by atoms with Crippen LogP contribution in [-0.2, 0) is 33.9 Å². The number of aromatic nitrogens is 2. The van der Waals surface area contributed by atoms with Gasteiger partial charge in [0.25, 0.3) is 0 Å². The van der Waals surface area contributed by atoms with Crippen LogP contribution in [0.5, 0.6) is 0 Å². The minimum atomic E-state index is -1.03.